The fourth-order valence-corrected chi connectivity index (χ4v) is 2.42. The number of aromatic amines is 1. The monoisotopic (exact) mass is 327 g/mol. The Balaban J connectivity index is 2.34. The van der Waals surface area contributed by atoms with Crippen LogP contribution in [0, 0.1) is 0 Å². The highest BCUT2D eigenvalue weighted by molar-refractivity contribution is 9.10. The van der Waals surface area contributed by atoms with E-state index in [1.54, 1.807) is 6.92 Å². The number of pyridine rings is 1. The van der Waals surface area contributed by atoms with Gasteiger partial charge in [0.05, 0.1) is 10.0 Å². The third-order valence-electron chi connectivity index (χ3n) is 3.11. The molecule has 1 fully saturated rings. The summed E-state index contributed by atoms with van der Waals surface area (Å²) in [6.07, 6.45) is 2.12. The molecule has 0 bridgehead atoms. The van der Waals surface area contributed by atoms with Crippen LogP contribution in [0.15, 0.2) is 21.5 Å². The lowest BCUT2D eigenvalue weighted by molar-refractivity contribution is -0.124. The van der Waals surface area contributed by atoms with Crippen molar-refractivity contribution in [1.29, 1.82) is 0 Å². The van der Waals surface area contributed by atoms with Crippen molar-refractivity contribution in [2.75, 3.05) is 13.1 Å². The smallest absolute Gasteiger partial charge is 0.263 e. The Morgan fingerprint density at radius 1 is 1.47 bits per heavy atom. The van der Waals surface area contributed by atoms with Crippen LogP contribution in [0.3, 0.4) is 0 Å². The molecule has 0 unspecified atom stereocenters. The maximum atomic E-state index is 12.4. The van der Waals surface area contributed by atoms with Crippen molar-refractivity contribution in [2.45, 2.75) is 19.4 Å². The number of hydrogen-bond donors (Lipinski definition) is 2. The van der Waals surface area contributed by atoms with Crippen molar-refractivity contribution < 1.29 is 9.59 Å². The molecular weight excluding hydrogens is 314 g/mol. The Kier molecular flexibility index (Phi) is 4.04. The number of halogens is 1. The normalized spacial score (nSPS) is 19.8. The molecule has 0 radical (unpaired) electrons. The molecule has 2 heterocycles. The van der Waals surface area contributed by atoms with Gasteiger partial charge in [-0.2, -0.15) is 0 Å². The summed E-state index contributed by atoms with van der Waals surface area (Å²) >= 11 is 3.11. The van der Waals surface area contributed by atoms with Crippen LogP contribution < -0.4 is 10.9 Å². The van der Waals surface area contributed by atoms with Gasteiger partial charge >= 0.3 is 0 Å². The van der Waals surface area contributed by atoms with Gasteiger partial charge in [-0.15, -0.1) is 0 Å². The number of amides is 2. The lowest BCUT2D eigenvalue weighted by Crippen LogP contribution is -2.45. The molecule has 1 aliphatic heterocycles. The minimum absolute atomic E-state index is 0.174. The maximum Gasteiger partial charge on any atom is 0.263 e. The van der Waals surface area contributed by atoms with Gasteiger partial charge in [0.15, 0.2) is 0 Å². The summed E-state index contributed by atoms with van der Waals surface area (Å²) < 4.78 is 0.192. The molecule has 1 atom stereocenters. The summed E-state index contributed by atoms with van der Waals surface area (Å²) in [5.74, 6) is -0.491. The van der Waals surface area contributed by atoms with E-state index in [1.165, 1.54) is 17.2 Å². The van der Waals surface area contributed by atoms with E-state index in [0.29, 0.717) is 19.5 Å². The second kappa shape index (κ2) is 5.56. The molecule has 19 heavy (non-hydrogen) atoms. The van der Waals surface area contributed by atoms with Crippen LogP contribution >= 0.6 is 15.9 Å². The number of nitrogens with one attached hydrogen (secondary N) is 2. The molecule has 0 spiro atoms. The SMILES string of the molecule is C[C@H]1C(=O)NCCCN1C(=O)c1cc[nH]c(=O)c1Br. The van der Waals surface area contributed by atoms with Gasteiger partial charge in [0, 0.05) is 19.3 Å². The van der Waals surface area contributed by atoms with Crippen molar-refractivity contribution in [3.63, 3.8) is 0 Å². The van der Waals surface area contributed by atoms with Crippen LogP contribution in [0.25, 0.3) is 0 Å². The first-order chi connectivity index (χ1) is 9.02. The lowest BCUT2D eigenvalue weighted by Gasteiger charge is -2.25. The highest BCUT2D eigenvalue weighted by Gasteiger charge is 2.29. The van der Waals surface area contributed by atoms with Gasteiger partial charge < -0.3 is 15.2 Å². The summed E-state index contributed by atoms with van der Waals surface area (Å²) in [6, 6.07) is 0.991. The quantitative estimate of drug-likeness (QED) is 0.787. The minimum Gasteiger partial charge on any atom is -0.354 e. The van der Waals surface area contributed by atoms with E-state index in [1.807, 2.05) is 0 Å². The number of carbonyl (C=O) groups excluding carboxylic acids is 2. The van der Waals surface area contributed by atoms with Crippen molar-refractivity contribution in [1.82, 2.24) is 15.2 Å². The Labute approximate surface area is 118 Å². The van der Waals surface area contributed by atoms with E-state index in [9.17, 15) is 14.4 Å². The second-order valence-corrected chi connectivity index (χ2v) is 5.15. The molecule has 102 valence electrons. The van der Waals surface area contributed by atoms with E-state index in [0.717, 1.165) is 0 Å². The van der Waals surface area contributed by atoms with E-state index >= 15 is 0 Å². The predicted octanol–water partition coefficient (Wildman–Crippen LogP) is 0.488. The topological polar surface area (TPSA) is 82.3 Å². The Hall–Kier alpha value is -1.63. The number of rotatable bonds is 1. The standard InChI is InChI=1S/C12H14BrN3O3/c1-7-10(17)14-4-2-6-16(7)12(19)8-3-5-15-11(18)9(8)13/h3,5,7H,2,4,6H2,1H3,(H,14,17)(H,15,18)/t7-/m0/s1. The van der Waals surface area contributed by atoms with Crippen LogP contribution in [0.1, 0.15) is 23.7 Å². The first-order valence-corrected chi connectivity index (χ1v) is 6.77. The van der Waals surface area contributed by atoms with Crippen LogP contribution in [0.4, 0.5) is 0 Å². The van der Waals surface area contributed by atoms with E-state index in [4.69, 9.17) is 0 Å². The van der Waals surface area contributed by atoms with Gasteiger partial charge in [-0.25, -0.2) is 0 Å². The molecule has 6 nitrogen and oxygen atoms in total. The third-order valence-corrected chi connectivity index (χ3v) is 3.90. The van der Waals surface area contributed by atoms with Crippen LogP contribution in [-0.2, 0) is 4.79 Å². The van der Waals surface area contributed by atoms with Gasteiger partial charge in [-0.05, 0) is 35.3 Å². The molecule has 7 heteroatoms. The number of nitrogens with zero attached hydrogens (tertiary/aromatic N) is 1. The summed E-state index contributed by atoms with van der Waals surface area (Å²) in [7, 11) is 0. The average Bonchev–Trinajstić information content (AvgIpc) is 2.55. The maximum absolute atomic E-state index is 12.4. The van der Waals surface area contributed by atoms with Crippen LogP contribution in [-0.4, -0.2) is 40.8 Å². The summed E-state index contributed by atoms with van der Waals surface area (Å²) in [4.78, 5) is 39.6. The third kappa shape index (κ3) is 2.70. The molecule has 0 saturated carbocycles. The van der Waals surface area contributed by atoms with Gasteiger partial charge in [0.1, 0.15) is 6.04 Å². The zero-order valence-electron chi connectivity index (χ0n) is 10.4. The predicted molar refractivity (Wildman–Crippen MR) is 72.9 cm³/mol. The number of hydrogen-bond acceptors (Lipinski definition) is 3. The molecule has 1 saturated heterocycles. The summed E-state index contributed by atoms with van der Waals surface area (Å²) in [5, 5.41) is 2.74. The second-order valence-electron chi connectivity index (χ2n) is 4.35. The van der Waals surface area contributed by atoms with Crippen molar-refractivity contribution in [3.05, 3.63) is 32.7 Å². The van der Waals surface area contributed by atoms with Crippen molar-refractivity contribution in [3.8, 4) is 0 Å². The minimum atomic E-state index is -0.541. The van der Waals surface area contributed by atoms with Gasteiger partial charge in [-0.1, -0.05) is 0 Å². The van der Waals surface area contributed by atoms with Crippen molar-refractivity contribution in [2.24, 2.45) is 0 Å². The Morgan fingerprint density at radius 3 is 2.95 bits per heavy atom. The van der Waals surface area contributed by atoms with Crippen molar-refractivity contribution >= 4 is 27.7 Å². The number of H-pyrrole nitrogens is 1. The molecule has 1 aromatic heterocycles. The largest absolute Gasteiger partial charge is 0.354 e. The molecule has 1 aliphatic rings. The first kappa shape index (κ1) is 13.8. The Morgan fingerprint density at radius 2 is 2.21 bits per heavy atom. The molecule has 0 aliphatic carbocycles. The zero-order valence-corrected chi connectivity index (χ0v) is 12.0. The first-order valence-electron chi connectivity index (χ1n) is 5.98. The van der Waals surface area contributed by atoms with E-state index in [-0.39, 0.29) is 27.4 Å². The lowest BCUT2D eigenvalue weighted by atomic mass is 10.2. The van der Waals surface area contributed by atoms with Gasteiger partial charge in [0.2, 0.25) is 5.91 Å². The molecule has 2 N–H and O–H groups in total. The number of aromatic nitrogens is 1. The number of carbonyl (C=O) groups is 2. The molecule has 1 aromatic rings. The van der Waals surface area contributed by atoms with Gasteiger partial charge in [0.25, 0.3) is 11.5 Å². The fourth-order valence-electron chi connectivity index (χ4n) is 2.00. The Bertz CT molecular complexity index is 570. The summed E-state index contributed by atoms with van der Waals surface area (Å²) in [6.45, 7) is 2.72. The molecule has 2 rings (SSSR count). The van der Waals surface area contributed by atoms with E-state index in [2.05, 4.69) is 26.2 Å². The van der Waals surface area contributed by atoms with Gasteiger partial charge in [-0.3, -0.25) is 14.4 Å². The summed E-state index contributed by atoms with van der Waals surface area (Å²) in [5.41, 5.74) is -0.0944. The fraction of sp³-hybridized carbons (Fsp3) is 0.417. The average molecular weight is 328 g/mol. The van der Waals surface area contributed by atoms with Crippen LogP contribution in [0.5, 0.6) is 0 Å². The van der Waals surface area contributed by atoms with Crippen LogP contribution in [0.2, 0.25) is 0 Å². The molecular formula is C12H14BrN3O3. The molecule has 2 amide bonds. The van der Waals surface area contributed by atoms with E-state index < -0.39 is 6.04 Å². The highest BCUT2D eigenvalue weighted by atomic mass is 79.9. The highest BCUT2D eigenvalue weighted by Crippen LogP contribution is 2.16. The zero-order chi connectivity index (χ0) is 14.0. The molecule has 0 aromatic carbocycles.